The molecule has 8 heavy (non-hydrogen) atoms. The molecule has 0 amide bonds. The lowest BCUT2D eigenvalue weighted by molar-refractivity contribution is 1.66. The molecule has 1 aromatic rings. The first-order valence-electron chi connectivity index (χ1n) is 2.01. The van der Waals surface area contributed by atoms with Crippen molar-refractivity contribution in [2.45, 2.75) is 0 Å². The van der Waals surface area contributed by atoms with Crippen LogP contribution in [0.5, 0.6) is 0 Å². The molecule has 0 aliphatic carbocycles. The van der Waals surface area contributed by atoms with Crippen LogP contribution in [-0.4, -0.2) is 0 Å². The topological polar surface area (TPSA) is 38.4 Å². The Kier molecular flexibility index (Phi) is 1.55. The Morgan fingerprint density at radius 2 is 2.50 bits per heavy atom. The summed E-state index contributed by atoms with van der Waals surface area (Å²) in [6.45, 7) is 0. The van der Waals surface area contributed by atoms with E-state index < -0.39 is 0 Å². The highest BCUT2D eigenvalue weighted by molar-refractivity contribution is 7.47. The van der Waals surface area contributed by atoms with E-state index in [1.807, 2.05) is 5.38 Å². The van der Waals surface area contributed by atoms with Crippen LogP contribution >= 0.6 is 11.3 Å². The van der Waals surface area contributed by atoms with Crippen LogP contribution in [0.3, 0.4) is 0 Å². The summed E-state index contributed by atoms with van der Waals surface area (Å²) < 4.78 is 3.50. The highest BCUT2D eigenvalue weighted by Gasteiger charge is 1.93. The van der Waals surface area contributed by atoms with Crippen LogP contribution in [-0.2, 0) is 12.4 Å². The van der Waals surface area contributed by atoms with Crippen molar-refractivity contribution in [2.75, 3.05) is 5.73 Å². The van der Waals surface area contributed by atoms with Crippen LogP contribution in [0.15, 0.2) is 15.8 Å². The summed E-state index contributed by atoms with van der Waals surface area (Å²) in [4.78, 5) is 0. The summed E-state index contributed by atoms with van der Waals surface area (Å²) >= 11 is 5.86. The SMILES string of the molecule is Nc1sccc1N=S. The van der Waals surface area contributed by atoms with Gasteiger partial charge in [-0.2, -0.15) is 4.36 Å². The van der Waals surface area contributed by atoms with Crippen molar-refractivity contribution in [3.8, 4) is 0 Å². The molecule has 0 spiro atoms. The zero-order valence-corrected chi connectivity index (χ0v) is 5.63. The van der Waals surface area contributed by atoms with Gasteiger partial charge in [0, 0.05) is 12.4 Å². The second-order valence-electron chi connectivity index (χ2n) is 1.26. The first-order valence-corrected chi connectivity index (χ1v) is 3.25. The number of anilines is 1. The molecule has 2 N–H and O–H groups in total. The summed E-state index contributed by atoms with van der Waals surface area (Å²) in [5, 5.41) is 2.56. The Morgan fingerprint density at radius 3 is 2.75 bits per heavy atom. The molecule has 0 bridgehead atoms. The van der Waals surface area contributed by atoms with E-state index in [-0.39, 0.29) is 0 Å². The number of nitrogens with two attached hydrogens (primary N) is 1. The molecule has 0 aromatic carbocycles. The monoisotopic (exact) mass is 144 g/mol. The van der Waals surface area contributed by atoms with E-state index in [2.05, 4.69) is 16.8 Å². The third-order valence-electron chi connectivity index (χ3n) is 0.772. The second kappa shape index (κ2) is 2.19. The fraction of sp³-hybridized carbons (Fsp3) is 0. The fourth-order valence-electron chi connectivity index (χ4n) is 0.390. The fourth-order valence-corrected chi connectivity index (χ4v) is 1.18. The zero-order chi connectivity index (χ0) is 5.98. The molecule has 1 rings (SSSR count). The lowest BCUT2D eigenvalue weighted by Gasteiger charge is -1.81. The lowest BCUT2D eigenvalue weighted by atomic mass is 10.5. The quantitative estimate of drug-likeness (QED) is 0.651. The normalized spacial score (nSPS) is 9.00. The van der Waals surface area contributed by atoms with E-state index in [0.717, 1.165) is 0 Å². The number of thiophene rings is 1. The maximum atomic E-state index is 5.41. The van der Waals surface area contributed by atoms with Crippen molar-refractivity contribution in [3.63, 3.8) is 0 Å². The van der Waals surface area contributed by atoms with Gasteiger partial charge in [-0.15, -0.1) is 11.3 Å². The Balaban J connectivity index is 3.09. The van der Waals surface area contributed by atoms with Gasteiger partial charge in [-0.25, -0.2) is 0 Å². The Hall–Kier alpha value is -0.480. The lowest BCUT2D eigenvalue weighted by Crippen LogP contribution is -1.75. The van der Waals surface area contributed by atoms with Crippen LogP contribution in [0.4, 0.5) is 10.7 Å². The Morgan fingerprint density at radius 1 is 1.75 bits per heavy atom. The number of rotatable bonds is 1. The molecule has 0 saturated heterocycles. The summed E-state index contributed by atoms with van der Waals surface area (Å²) in [5.74, 6) is 0. The van der Waals surface area contributed by atoms with Gasteiger partial charge in [-0.1, -0.05) is 0 Å². The van der Waals surface area contributed by atoms with Gasteiger partial charge in [0.15, 0.2) is 0 Å². The van der Waals surface area contributed by atoms with E-state index in [1.165, 1.54) is 11.3 Å². The largest absolute Gasteiger partial charge is 0.389 e. The van der Waals surface area contributed by atoms with E-state index in [1.54, 1.807) is 6.07 Å². The van der Waals surface area contributed by atoms with Gasteiger partial charge in [-0.05, 0) is 11.4 Å². The van der Waals surface area contributed by atoms with Gasteiger partial charge in [0.2, 0.25) is 0 Å². The van der Waals surface area contributed by atoms with E-state index in [0.29, 0.717) is 10.7 Å². The smallest absolute Gasteiger partial charge is 0.113 e. The molecular weight excluding hydrogens is 140 g/mol. The maximum absolute atomic E-state index is 5.41. The minimum Gasteiger partial charge on any atom is -0.389 e. The van der Waals surface area contributed by atoms with Gasteiger partial charge in [0.05, 0.1) is 0 Å². The molecule has 1 heterocycles. The number of hydrogen-bond acceptors (Lipinski definition) is 4. The van der Waals surface area contributed by atoms with E-state index >= 15 is 0 Å². The average molecular weight is 144 g/mol. The van der Waals surface area contributed by atoms with Crippen molar-refractivity contribution in [3.05, 3.63) is 11.4 Å². The zero-order valence-electron chi connectivity index (χ0n) is 4.00. The minimum absolute atomic E-state index is 0.694. The van der Waals surface area contributed by atoms with Crippen LogP contribution in [0.2, 0.25) is 0 Å². The molecular formula is C4H4N2S2. The molecule has 42 valence electrons. The van der Waals surface area contributed by atoms with E-state index in [9.17, 15) is 0 Å². The van der Waals surface area contributed by atoms with Crippen LogP contribution in [0.1, 0.15) is 0 Å². The predicted octanol–water partition coefficient (Wildman–Crippen LogP) is 1.69. The van der Waals surface area contributed by atoms with Gasteiger partial charge in [0.25, 0.3) is 0 Å². The van der Waals surface area contributed by atoms with Crippen molar-refractivity contribution >= 4 is 34.5 Å². The van der Waals surface area contributed by atoms with Gasteiger partial charge in [-0.3, -0.25) is 0 Å². The summed E-state index contributed by atoms with van der Waals surface area (Å²) in [6, 6.07) is 1.80. The van der Waals surface area contributed by atoms with Crippen molar-refractivity contribution in [1.82, 2.24) is 0 Å². The molecule has 0 radical (unpaired) electrons. The van der Waals surface area contributed by atoms with Crippen molar-refractivity contribution < 1.29 is 0 Å². The number of nitrogens with zero attached hydrogens (tertiary/aromatic N) is 1. The Labute approximate surface area is 56.5 Å². The van der Waals surface area contributed by atoms with E-state index in [4.69, 9.17) is 5.73 Å². The number of hydrogen-bond donors (Lipinski definition) is 1. The molecule has 0 saturated carbocycles. The van der Waals surface area contributed by atoms with Crippen LogP contribution < -0.4 is 5.73 Å². The maximum Gasteiger partial charge on any atom is 0.113 e. The summed E-state index contributed by atoms with van der Waals surface area (Å²) in [6.07, 6.45) is 0. The van der Waals surface area contributed by atoms with Crippen molar-refractivity contribution in [1.29, 1.82) is 0 Å². The molecule has 1 aromatic heterocycles. The highest BCUT2D eigenvalue weighted by atomic mass is 32.1. The summed E-state index contributed by atoms with van der Waals surface area (Å²) in [5.41, 5.74) is 6.12. The van der Waals surface area contributed by atoms with Gasteiger partial charge in [0.1, 0.15) is 10.7 Å². The molecule has 4 heteroatoms. The minimum atomic E-state index is 0.694. The van der Waals surface area contributed by atoms with Crippen LogP contribution in [0, 0.1) is 0 Å². The molecule has 2 nitrogen and oxygen atoms in total. The first kappa shape index (κ1) is 5.65. The average Bonchev–Trinajstić information content (AvgIpc) is 2.14. The Bertz CT molecular complexity index is 194. The van der Waals surface area contributed by atoms with Gasteiger partial charge < -0.3 is 5.73 Å². The molecule has 0 atom stereocenters. The summed E-state index contributed by atoms with van der Waals surface area (Å²) in [7, 11) is 0. The van der Waals surface area contributed by atoms with Gasteiger partial charge >= 0.3 is 0 Å². The molecule has 0 unspecified atom stereocenters. The van der Waals surface area contributed by atoms with Crippen LogP contribution in [0.25, 0.3) is 0 Å². The first-order chi connectivity index (χ1) is 3.84. The predicted molar refractivity (Wildman–Crippen MR) is 38.2 cm³/mol. The van der Waals surface area contributed by atoms with Crippen molar-refractivity contribution in [2.24, 2.45) is 4.36 Å². The standard InChI is InChI=1S/C4H4N2S2/c5-4-3(6-7)1-2-8-4/h1-2H,5H2. The second-order valence-corrected chi connectivity index (χ2v) is 2.39. The third-order valence-corrected chi connectivity index (χ3v) is 1.70. The third kappa shape index (κ3) is 0.850. The molecule has 0 aliphatic rings. The number of nitrogen functional groups attached to an aromatic ring is 1. The molecule has 0 aliphatic heterocycles. The molecule has 0 fully saturated rings. The highest BCUT2D eigenvalue weighted by Crippen LogP contribution is 2.26.